The highest BCUT2D eigenvalue weighted by Crippen LogP contribution is 2.31. The quantitative estimate of drug-likeness (QED) is 0.872. The van der Waals surface area contributed by atoms with Crippen molar-refractivity contribution >= 4 is 11.3 Å². The van der Waals surface area contributed by atoms with Crippen LogP contribution in [0.3, 0.4) is 0 Å². The summed E-state index contributed by atoms with van der Waals surface area (Å²) in [5, 5.41) is 10.1. The van der Waals surface area contributed by atoms with Gasteiger partial charge in [-0.15, -0.1) is 11.3 Å². The van der Waals surface area contributed by atoms with Crippen molar-refractivity contribution in [3.63, 3.8) is 0 Å². The van der Waals surface area contributed by atoms with E-state index in [1.165, 1.54) is 28.5 Å². The molecule has 3 nitrogen and oxygen atoms in total. The Balaban J connectivity index is 2.05. The average Bonchev–Trinajstić information content (AvgIpc) is 2.82. The molecule has 4 heteroatoms. The molecule has 0 amide bonds. The van der Waals surface area contributed by atoms with Crippen LogP contribution in [0.25, 0.3) is 0 Å². The molecule has 0 aromatic carbocycles. The Bertz CT molecular complexity index is 351. The Kier molecular flexibility index (Phi) is 3.95. The largest absolute Gasteiger partial charge is 0.396 e. The van der Waals surface area contributed by atoms with Crippen molar-refractivity contribution in [2.45, 2.75) is 32.1 Å². The lowest BCUT2D eigenvalue weighted by molar-refractivity contribution is 0.289. The molecule has 1 saturated heterocycles. The van der Waals surface area contributed by atoms with Crippen LogP contribution in [-0.4, -0.2) is 41.7 Å². The third-order valence-corrected chi connectivity index (χ3v) is 4.59. The van der Waals surface area contributed by atoms with Crippen molar-refractivity contribution in [1.29, 1.82) is 0 Å². The van der Waals surface area contributed by atoms with E-state index in [-0.39, 0.29) is 6.61 Å². The molecule has 0 bridgehead atoms. The van der Waals surface area contributed by atoms with Gasteiger partial charge < -0.3 is 10.0 Å². The minimum Gasteiger partial charge on any atom is -0.396 e. The lowest BCUT2D eigenvalue weighted by atomic mass is 10.1. The predicted molar refractivity (Wildman–Crippen MR) is 67.1 cm³/mol. The fourth-order valence-electron chi connectivity index (χ4n) is 2.23. The first-order valence-electron chi connectivity index (χ1n) is 5.96. The van der Waals surface area contributed by atoms with Crippen LogP contribution in [-0.2, 0) is 6.42 Å². The number of likely N-dealkylation sites (N-methyl/N-ethyl adjacent to an activating group) is 1. The molecule has 90 valence electrons. The number of aromatic nitrogens is 1. The average molecular weight is 240 g/mol. The number of nitrogens with zero attached hydrogens (tertiary/aromatic N) is 2. The van der Waals surface area contributed by atoms with E-state index in [1.54, 1.807) is 0 Å². The number of aliphatic hydroxyl groups is 1. The van der Waals surface area contributed by atoms with Gasteiger partial charge in [-0.25, -0.2) is 4.98 Å². The Morgan fingerprint density at radius 3 is 3.00 bits per heavy atom. The summed E-state index contributed by atoms with van der Waals surface area (Å²) in [5.74, 6) is 0.636. The molecular weight excluding hydrogens is 220 g/mol. The van der Waals surface area contributed by atoms with Crippen LogP contribution in [0.15, 0.2) is 0 Å². The van der Waals surface area contributed by atoms with Gasteiger partial charge in [0.05, 0.1) is 10.7 Å². The van der Waals surface area contributed by atoms with Gasteiger partial charge in [-0.2, -0.15) is 0 Å². The molecule has 1 aliphatic heterocycles. The van der Waals surface area contributed by atoms with Gasteiger partial charge in [0.2, 0.25) is 0 Å². The smallest absolute Gasteiger partial charge is 0.0975 e. The molecule has 1 unspecified atom stereocenters. The van der Waals surface area contributed by atoms with Crippen molar-refractivity contribution in [3.05, 3.63) is 15.6 Å². The summed E-state index contributed by atoms with van der Waals surface area (Å²) in [4.78, 5) is 8.42. The predicted octanol–water partition coefficient (Wildman–Crippen LogP) is 1.80. The van der Waals surface area contributed by atoms with Gasteiger partial charge >= 0.3 is 0 Å². The van der Waals surface area contributed by atoms with E-state index >= 15 is 0 Å². The van der Waals surface area contributed by atoms with E-state index in [9.17, 15) is 0 Å². The summed E-state index contributed by atoms with van der Waals surface area (Å²) in [6.45, 7) is 4.70. The highest BCUT2D eigenvalue weighted by Gasteiger charge is 2.24. The summed E-state index contributed by atoms with van der Waals surface area (Å²) < 4.78 is 0. The van der Waals surface area contributed by atoms with E-state index in [1.807, 2.05) is 11.3 Å². The fourth-order valence-corrected chi connectivity index (χ4v) is 3.47. The van der Waals surface area contributed by atoms with Crippen LogP contribution in [0.2, 0.25) is 0 Å². The second kappa shape index (κ2) is 5.25. The van der Waals surface area contributed by atoms with E-state index in [0.29, 0.717) is 5.92 Å². The minimum atomic E-state index is 0.277. The van der Waals surface area contributed by atoms with Gasteiger partial charge in [0, 0.05) is 23.9 Å². The first kappa shape index (κ1) is 12.0. The van der Waals surface area contributed by atoms with E-state index in [4.69, 9.17) is 10.1 Å². The first-order valence-corrected chi connectivity index (χ1v) is 6.78. The van der Waals surface area contributed by atoms with Crippen molar-refractivity contribution < 1.29 is 5.11 Å². The van der Waals surface area contributed by atoms with E-state index < -0.39 is 0 Å². The Morgan fingerprint density at radius 1 is 1.56 bits per heavy atom. The molecule has 0 spiro atoms. The zero-order valence-electron chi connectivity index (χ0n) is 10.1. The molecule has 1 fully saturated rings. The number of aryl methyl sites for hydroxylation is 2. The van der Waals surface area contributed by atoms with Crippen molar-refractivity contribution in [3.8, 4) is 0 Å². The lowest BCUT2D eigenvalue weighted by Gasteiger charge is -2.06. The number of likely N-dealkylation sites (tertiary alicyclic amines) is 1. The number of thiazole rings is 1. The van der Waals surface area contributed by atoms with Crippen LogP contribution in [0.4, 0.5) is 0 Å². The molecule has 1 atom stereocenters. The third kappa shape index (κ3) is 2.62. The molecule has 1 aliphatic rings. The highest BCUT2D eigenvalue weighted by atomic mass is 32.1. The molecule has 0 radical (unpaired) electrons. The number of rotatable bonds is 4. The van der Waals surface area contributed by atoms with Crippen LogP contribution < -0.4 is 0 Å². The van der Waals surface area contributed by atoms with Gasteiger partial charge in [-0.1, -0.05) is 0 Å². The molecule has 1 N–H and O–H groups in total. The van der Waals surface area contributed by atoms with Gasteiger partial charge in [0.15, 0.2) is 0 Å². The van der Waals surface area contributed by atoms with Crippen LogP contribution in [0, 0.1) is 6.92 Å². The SMILES string of the molecule is Cc1nc(C2CCN(C)C2)sc1CCCO. The second-order valence-electron chi connectivity index (χ2n) is 4.64. The summed E-state index contributed by atoms with van der Waals surface area (Å²) in [5.41, 5.74) is 1.17. The number of hydrogen-bond donors (Lipinski definition) is 1. The summed E-state index contributed by atoms with van der Waals surface area (Å²) in [6, 6.07) is 0. The molecular formula is C12H20N2OS. The molecule has 0 saturated carbocycles. The monoisotopic (exact) mass is 240 g/mol. The minimum absolute atomic E-state index is 0.277. The zero-order valence-corrected chi connectivity index (χ0v) is 10.9. The summed E-state index contributed by atoms with van der Waals surface area (Å²) in [7, 11) is 2.17. The van der Waals surface area contributed by atoms with Gasteiger partial charge in [-0.05, 0) is 39.8 Å². The van der Waals surface area contributed by atoms with Crippen molar-refractivity contribution in [2.75, 3.05) is 26.7 Å². The molecule has 1 aromatic heterocycles. The summed E-state index contributed by atoms with van der Waals surface area (Å²) in [6.07, 6.45) is 3.07. The standard InChI is InChI=1S/C12H20N2OS/c1-9-11(4-3-7-15)16-12(13-9)10-5-6-14(2)8-10/h10,15H,3-8H2,1-2H3. The Hall–Kier alpha value is -0.450. The highest BCUT2D eigenvalue weighted by molar-refractivity contribution is 7.11. The lowest BCUT2D eigenvalue weighted by Crippen LogP contribution is -2.13. The zero-order chi connectivity index (χ0) is 11.5. The third-order valence-electron chi connectivity index (χ3n) is 3.21. The maximum atomic E-state index is 8.85. The molecule has 1 aromatic rings. The van der Waals surface area contributed by atoms with Gasteiger partial charge in [-0.3, -0.25) is 0 Å². The van der Waals surface area contributed by atoms with Crippen LogP contribution in [0.5, 0.6) is 0 Å². The molecule has 0 aliphatic carbocycles. The Labute approximate surface area is 101 Å². The first-order chi connectivity index (χ1) is 7.70. The topological polar surface area (TPSA) is 36.4 Å². The molecule has 2 heterocycles. The second-order valence-corrected chi connectivity index (χ2v) is 5.75. The molecule has 2 rings (SSSR count). The van der Waals surface area contributed by atoms with Crippen LogP contribution >= 0.6 is 11.3 Å². The number of aliphatic hydroxyl groups excluding tert-OH is 1. The number of hydrogen-bond acceptors (Lipinski definition) is 4. The fraction of sp³-hybridized carbons (Fsp3) is 0.750. The maximum absolute atomic E-state index is 8.85. The van der Waals surface area contributed by atoms with Gasteiger partial charge in [0.25, 0.3) is 0 Å². The van der Waals surface area contributed by atoms with E-state index in [0.717, 1.165) is 19.4 Å². The Morgan fingerprint density at radius 2 is 2.38 bits per heavy atom. The van der Waals surface area contributed by atoms with Crippen molar-refractivity contribution in [1.82, 2.24) is 9.88 Å². The van der Waals surface area contributed by atoms with E-state index in [2.05, 4.69) is 18.9 Å². The van der Waals surface area contributed by atoms with Gasteiger partial charge in [0.1, 0.15) is 0 Å². The van der Waals surface area contributed by atoms with Crippen LogP contribution in [0.1, 0.15) is 34.3 Å². The molecule has 16 heavy (non-hydrogen) atoms. The summed E-state index contributed by atoms with van der Waals surface area (Å²) >= 11 is 1.85. The normalized spacial score (nSPS) is 21.8. The van der Waals surface area contributed by atoms with Crippen molar-refractivity contribution in [2.24, 2.45) is 0 Å². The maximum Gasteiger partial charge on any atom is 0.0975 e.